The van der Waals surface area contributed by atoms with E-state index >= 15 is 0 Å². The van der Waals surface area contributed by atoms with E-state index in [-0.39, 0.29) is 24.1 Å². The summed E-state index contributed by atoms with van der Waals surface area (Å²) in [5.41, 5.74) is 1.02. The minimum absolute atomic E-state index is 0.107. The maximum Gasteiger partial charge on any atom is 0.411 e. The molecule has 41 heavy (non-hydrogen) atoms. The quantitative estimate of drug-likeness (QED) is 0.223. The van der Waals surface area contributed by atoms with Crippen molar-refractivity contribution >= 4 is 44.7 Å². The van der Waals surface area contributed by atoms with Crippen molar-refractivity contribution in [2.45, 2.75) is 102 Å². The molecule has 0 aliphatic heterocycles. The van der Waals surface area contributed by atoms with Gasteiger partial charge in [-0.3, -0.25) is 14.9 Å². The lowest BCUT2D eigenvalue weighted by atomic mass is 9.81. The minimum atomic E-state index is -3.25. The van der Waals surface area contributed by atoms with Crippen LogP contribution in [0.25, 0.3) is 10.4 Å². The predicted octanol–water partition coefficient (Wildman–Crippen LogP) is 7.33. The smallest absolute Gasteiger partial charge is 0.411 e. The van der Waals surface area contributed by atoms with Gasteiger partial charge in [0.05, 0.1) is 36.7 Å². The van der Waals surface area contributed by atoms with Gasteiger partial charge in [0.25, 0.3) is 5.91 Å². The molecule has 0 bridgehead atoms. The van der Waals surface area contributed by atoms with E-state index in [9.17, 15) is 18.6 Å². The van der Waals surface area contributed by atoms with Gasteiger partial charge >= 0.3 is 12.1 Å². The molecule has 1 atom stereocenters. The number of hydrogen-bond acceptors (Lipinski definition) is 8. The van der Waals surface area contributed by atoms with Crippen molar-refractivity contribution in [3.05, 3.63) is 42.1 Å². The molecule has 224 valence electrons. The molecule has 0 spiro atoms. The van der Waals surface area contributed by atoms with Crippen molar-refractivity contribution < 1.29 is 28.1 Å². The molecule has 3 rings (SSSR count). The van der Waals surface area contributed by atoms with Gasteiger partial charge in [0.15, 0.2) is 0 Å². The second kappa shape index (κ2) is 14.2. The van der Waals surface area contributed by atoms with Crippen molar-refractivity contribution in [1.29, 1.82) is 0 Å². The van der Waals surface area contributed by atoms with Crippen LogP contribution in [0.3, 0.4) is 0 Å². The third kappa shape index (κ3) is 8.72. The Bertz CT molecular complexity index is 1380. The second-order valence-electron chi connectivity index (χ2n) is 11.1. The van der Waals surface area contributed by atoms with Gasteiger partial charge in [0.2, 0.25) is 0 Å². The lowest BCUT2D eigenvalue weighted by Crippen LogP contribution is -2.19. The van der Waals surface area contributed by atoms with Gasteiger partial charge in [-0.25, -0.2) is 14.0 Å². The molecule has 1 aromatic heterocycles. The number of carbonyl (C=O) groups is 3. The molecule has 9 nitrogen and oxygen atoms in total. The fourth-order valence-electron chi connectivity index (χ4n) is 4.75. The summed E-state index contributed by atoms with van der Waals surface area (Å²) in [6.45, 7) is 14.2. The standard InChI is InChI=1S/C30H41N3O6S2/c1-8-27(34)33-41(37,20(6)7)26-16-23(32-30(36)39-19(4)5)13-14-24(26)25-17-31-29(40-25)22-11-9-21(10-12-22)15-28(35)38-18(2)3/h8,13-14,16-22H,1,9-12,15H2,2-7H3,(H,32,36). The van der Waals surface area contributed by atoms with E-state index < -0.39 is 27.0 Å². The van der Waals surface area contributed by atoms with Crippen molar-refractivity contribution in [3.63, 3.8) is 0 Å². The fraction of sp³-hybridized carbons (Fsp3) is 0.533. The molecule has 1 saturated carbocycles. The SMILES string of the molecule is C=CC(=O)N=S(=O)(c1cc(NC(=O)OC(C)C)ccc1-c1cnc(C2CCC(CC(=O)OC(C)C)CC2)s1)C(C)C. The fourth-order valence-corrected chi connectivity index (χ4v) is 7.89. The van der Waals surface area contributed by atoms with Crippen LogP contribution in [0, 0.1) is 5.92 Å². The highest BCUT2D eigenvalue weighted by Crippen LogP contribution is 2.42. The van der Waals surface area contributed by atoms with Gasteiger partial charge in [-0.15, -0.1) is 11.3 Å². The summed E-state index contributed by atoms with van der Waals surface area (Å²) >= 11 is 1.52. The first-order valence-electron chi connectivity index (χ1n) is 14.0. The molecule has 0 saturated heterocycles. The van der Waals surface area contributed by atoms with Crippen LogP contribution in [0.1, 0.15) is 84.6 Å². The highest BCUT2D eigenvalue weighted by Gasteiger charge is 2.29. The molecule has 1 heterocycles. The number of carbonyl (C=O) groups excluding carboxylic acids is 3. The summed E-state index contributed by atoms with van der Waals surface area (Å²) in [5, 5.41) is 3.15. The normalized spacial score (nSPS) is 18.6. The number of hydrogen-bond donors (Lipinski definition) is 1. The van der Waals surface area contributed by atoms with Crippen LogP contribution in [0.5, 0.6) is 0 Å². The van der Waals surface area contributed by atoms with Crippen molar-refractivity contribution in [2.75, 3.05) is 5.32 Å². The monoisotopic (exact) mass is 603 g/mol. The van der Waals surface area contributed by atoms with E-state index in [1.165, 1.54) is 11.3 Å². The average molecular weight is 604 g/mol. The number of aromatic nitrogens is 1. The highest BCUT2D eigenvalue weighted by atomic mass is 32.2. The van der Waals surface area contributed by atoms with Crippen LogP contribution in [0.4, 0.5) is 10.5 Å². The molecule has 1 N–H and O–H groups in total. The summed E-state index contributed by atoms with van der Waals surface area (Å²) in [6.07, 6.45) is 5.88. The average Bonchev–Trinajstić information content (AvgIpc) is 3.38. The van der Waals surface area contributed by atoms with Gasteiger partial charge in [-0.2, -0.15) is 4.36 Å². The zero-order valence-electron chi connectivity index (χ0n) is 24.7. The van der Waals surface area contributed by atoms with E-state index in [2.05, 4.69) is 16.3 Å². The van der Waals surface area contributed by atoms with E-state index in [1.807, 2.05) is 13.8 Å². The third-order valence-electron chi connectivity index (χ3n) is 6.73. The largest absolute Gasteiger partial charge is 0.463 e. The van der Waals surface area contributed by atoms with Crippen LogP contribution in [0.15, 0.2) is 46.3 Å². The number of thiazole rings is 1. The second-order valence-corrected chi connectivity index (χ2v) is 14.8. The first-order chi connectivity index (χ1) is 19.3. The lowest BCUT2D eigenvalue weighted by Gasteiger charge is -2.26. The molecular formula is C30H41N3O6S2. The number of esters is 1. The van der Waals surface area contributed by atoms with Crippen LogP contribution in [-0.4, -0.2) is 44.6 Å². The molecule has 1 aliphatic carbocycles. The molecule has 0 radical (unpaired) electrons. The Labute approximate surface area is 247 Å². The maximum atomic E-state index is 14.3. The molecule has 1 aliphatic rings. The predicted molar refractivity (Wildman–Crippen MR) is 163 cm³/mol. The van der Waals surface area contributed by atoms with Gasteiger partial charge in [0, 0.05) is 35.0 Å². The summed E-state index contributed by atoms with van der Waals surface area (Å²) in [5.74, 6) is -0.239. The highest BCUT2D eigenvalue weighted by molar-refractivity contribution is 7.94. The zero-order valence-corrected chi connectivity index (χ0v) is 26.3. The van der Waals surface area contributed by atoms with Gasteiger partial charge in [-0.05, 0) is 91.4 Å². The minimum Gasteiger partial charge on any atom is -0.463 e. The summed E-state index contributed by atoms with van der Waals surface area (Å²) in [7, 11) is -3.25. The molecule has 1 aromatic carbocycles. The molecule has 2 aromatic rings. The number of amides is 2. The van der Waals surface area contributed by atoms with E-state index in [0.29, 0.717) is 28.5 Å². The summed E-state index contributed by atoms with van der Waals surface area (Å²) in [6, 6.07) is 5.07. The van der Waals surface area contributed by atoms with Crippen LogP contribution < -0.4 is 5.32 Å². The molecular weight excluding hydrogens is 562 g/mol. The zero-order chi connectivity index (χ0) is 30.3. The number of ether oxygens (including phenoxy) is 2. The van der Waals surface area contributed by atoms with E-state index in [1.54, 1.807) is 52.1 Å². The Morgan fingerprint density at radius 1 is 1.10 bits per heavy atom. The molecule has 2 amide bonds. The first-order valence-corrected chi connectivity index (χ1v) is 16.4. The summed E-state index contributed by atoms with van der Waals surface area (Å²) in [4.78, 5) is 42.5. The van der Waals surface area contributed by atoms with E-state index in [4.69, 9.17) is 14.5 Å². The van der Waals surface area contributed by atoms with Crippen molar-refractivity contribution in [2.24, 2.45) is 10.3 Å². The Morgan fingerprint density at radius 3 is 2.34 bits per heavy atom. The topological polar surface area (TPSA) is 124 Å². The van der Waals surface area contributed by atoms with Crippen LogP contribution in [0.2, 0.25) is 0 Å². The Balaban J connectivity index is 1.92. The van der Waals surface area contributed by atoms with Crippen molar-refractivity contribution in [3.8, 4) is 10.4 Å². The molecule has 1 unspecified atom stereocenters. The number of benzene rings is 1. The number of rotatable bonds is 10. The van der Waals surface area contributed by atoms with Gasteiger partial charge in [0.1, 0.15) is 0 Å². The van der Waals surface area contributed by atoms with Crippen LogP contribution in [-0.2, 0) is 28.8 Å². The molecule has 1 fully saturated rings. The van der Waals surface area contributed by atoms with Crippen LogP contribution >= 0.6 is 11.3 Å². The van der Waals surface area contributed by atoms with Crippen molar-refractivity contribution in [1.82, 2.24) is 4.98 Å². The van der Waals surface area contributed by atoms with E-state index in [0.717, 1.165) is 41.6 Å². The third-order valence-corrected chi connectivity index (χ3v) is 10.6. The maximum absolute atomic E-state index is 14.3. The van der Waals surface area contributed by atoms with Gasteiger partial charge < -0.3 is 9.47 Å². The Kier molecular flexibility index (Phi) is 11.3. The van der Waals surface area contributed by atoms with Gasteiger partial charge in [-0.1, -0.05) is 12.6 Å². The number of anilines is 1. The number of nitrogens with zero attached hydrogens (tertiary/aromatic N) is 2. The Morgan fingerprint density at radius 2 is 1.76 bits per heavy atom. The molecule has 11 heteroatoms. The summed E-state index contributed by atoms with van der Waals surface area (Å²) < 4.78 is 28.9. The lowest BCUT2D eigenvalue weighted by molar-refractivity contribution is -0.148. The number of nitrogens with one attached hydrogen (secondary N) is 1. The first kappa shape index (κ1) is 32.5. The Hall–Kier alpha value is -3.05.